The van der Waals surface area contributed by atoms with E-state index in [0.29, 0.717) is 31.3 Å². The number of amidine groups is 1. The van der Waals surface area contributed by atoms with Crippen molar-refractivity contribution in [3.8, 4) is 0 Å². The SMILES string of the molecule is NC(CCl)=Nc1ccc(NC(=O)CN2CCOCC2)cc1. The minimum Gasteiger partial charge on any atom is -0.386 e. The highest BCUT2D eigenvalue weighted by atomic mass is 35.5. The minimum absolute atomic E-state index is 0.0339. The first-order valence-electron chi connectivity index (χ1n) is 6.76. The molecule has 0 bridgehead atoms. The molecular weight excluding hydrogens is 292 g/mol. The first-order chi connectivity index (χ1) is 10.2. The molecule has 0 atom stereocenters. The van der Waals surface area contributed by atoms with E-state index in [-0.39, 0.29) is 11.8 Å². The second kappa shape index (κ2) is 7.97. The summed E-state index contributed by atoms with van der Waals surface area (Å²) in [4.78, 5) is 18.1. The van der Waals surface area contributed by atoms with E-state index >= 15 is 0 Å². The zero-order valence-corrected chi connectivity index (χ0v) is 12.5. The maximum absolute atomic E-state index is 11.9. The van der Waals surface area contributed by atoms with Crippen molar-refractivity contribution in [2.24, 2.45) is 10.7 Å². The lowest BCUT2D eigenvalue weighted by Crippen LogP contribution is -2.41. The number of carbonyl (C=O) groups excluding carboxylic acids is 1. The number of benzene rings is 1. The summed E-state index contributed by atoms with van der Waals surface area (Å²) in [5.74, 6) is 0.520. The Morgan fingerprint density at radius 2 is 2.00 bits per heavy atom. The van der Waals surface area contributed by atoms with Gasteiger partial charge in [0, 0.05) is 18.8 Å². The van der Waals surface area contributed by atoms with Crippen LogP contribution in [-0.2, 0) is 9.53 Å². The molecule has 3 N–H and O–H groups in total. The third-order valence-electron chi connectivity index (χ3n) is 3.03. The molecule has 2 rings (SSSR count). The molecule has 1 aromatic carbocycles. The number of amides is 1. The summed E-state index contributed by atoms with van der Waals surface area (Å²) in [7, 11) is 0. The highest BCUT2D eigenvalue weighted by Crippen LogP contribution is 2.16. The molecule has 1 fully saturated rings. The Hall–Kier alpha value is -1.63. The van der Waals surface area contributed by atoms with Crippen LogP contribution in [-0.4, -0.2) is 55.4 Å². The Morgan fingerprint density at radius 3 is 2.62 bits per heavy atom. The summed E-state index contributed by atoms with van der Waals surface area (Å²) < 4.78 is 5.25. The van der Waals surface area contributed by atoms with Gasteiger partial charge in [-0.1, -0.05) is 0 Å². The predicted octanol–water partition coefficient (Wildman–Crippen LogP) is 1.18. The first-order valence-corrected chi connectivity index (χ1v) is 7.30. The van der Waals surface area contributed by atoms with Gasteiger partial charge in [0.2, 0.25) is 5.91 Å². The van der Waals surface area contributed by atoms with Crippen LogP contribution in [0.2, 0.25) is 0 Å². The van der Waals surface area contributed by atoms with E-state index in [9.17, 15) is 4.79 Å². The molecule has 1 aliphatic heterocycles. The normalized spacial score (nSPS) is 16.7. The number of alkyl halides is 1. The number of anilines is 1. The molecule has 0 aromatic heterocycles. The standard InChI is InChI=1S/C14H19ClN4O2/c15-9-13(16)17-11-1-3-12(4-2-11)18-14(20)10-19-5-7-21-8-6-19/h1-4H,5-10H2,(H2,16,17)(H,18,20). The average molecular weight is 311 g/mol. The Kier molecular flexibility index (Phi) is 5.98. The molecule has 1 saturated heterocycles. The van der Waals surface area contributed by atoms with E-state index in [1.54, 1.807) is 24.3 Å². The summed E-state index contributed by atoms with van der Waals surface area (Å²) in [6.07, 6.45) is 0. The van der Waals surface area contributed by atoms with Gasteiger partial charge in [-0.2, -0.15) is 0 Å². The number of morpholine rings is 1. The van der Waals surface area contributed by atoms with Gasteiger partial charge in [-0.3, -0.25) is 9.69 Å². The lowest BCUT2D eigenvalue weighted by Gasteiger charge is -2.25. The van der Waals surface area contributed by atoms with Crippen LogP contribution in [0.3, 0.4) is 0 Å². The van der Waals surface area contributed by atoms with Gasteiger partial charge in [-0.25, -0.2) is 4.99 Å². The zero-order chi connectivity index (χ0) is 15.1. The van der Waals surface area contributed by atoms with Crippen LogP contribution in [0, 0.1) is 0 Å². The van der Waals surface area contributed by atoms with Gasteiger partial charge in [0.05, 0.1) is 31.3 Å². The first kappa shape index (κ1) is 15.8. The highest BCUT2D eigenvalue weighted by Gasteiger charge is 2.13. The lowest BCUT2D eigenvalue weighted by molar-refractivity contribution is -0.118. The summed E-state index contributed by atoms with van der Waals surface area (Å²) in [5.41, 5.74) is 7.00. The van der Waals surface area contributed by atoms with Crippen LogP contribution in [0.15, 0.2) is 29.3 Å². The van der Waals surface area contributed by atoms with Crippen LogP contribution in [0.4, 0.5) is 11.4 Å². The second-order valence-electron chi connectivity index (χ2n) is 4.72. The molecule has 1 amide bonds. The van der Waals surface area contributed by atoms with Gasteiger partial charge >= 0.3 is 0 Å². The molecule has 1 heterocycles. The molecule has 1 aromatic rings. The molecule has 0 radical (unpaired) electrons. The maximum Gasteiger partial charge on any atom is 0.238 e. The molecule has 1 aliphatic rings. The number of hydrogen-bond acceptors (Lipinski definition) is 4. The summed E-state index contributed by atoms with van der Waals surface area (Å²) in [5, 5.41) is 2.86. The summed E-state index contributed by atoms with van der Waals surface area (Å²) in [6, 6.07) is 7.14. The van der Waals surface area contributed by atoms with E-state index in [2.05, 4.69) is 15.2 Å². The van der Waals surface area contributed by atoms with Crippen LogP contribution >= 0.6 is 11.6 Å². The molecule has 0 spiro atoms. The molecule has 7 heteroatoms. The molecular formula is C14H19ClN4O2. The number of nitrogens with two attached hydrogens (primary N) is 1. The number of rotatable bonds is 5. The number of halogens is 1. The van der Waals surface area contributed by atoms with Gasteiger partial charge in [0.1, 0.15) is 5.84 Å². The molecule has 21 heavy (non-hydrogen) atoms. The topological polar surface area (TPSA) is 79.9 Å². The van der Waals surface area contributed by atoms with Crippen molar-refractivity contribution in [2.75, 3.05) is 44.0 Å². The number of hydrogen-bond donors (Lipinski definition) is 2. The maximum atomic E-state index is 11.9. The summed E-state index contributed by atoms with van der Waals surface area (Å²) >= 11 is 5.57. The van der Waals surface area contributed by atoms with Gasteiger partial charge < -0.3 is 15.8 Å². The van der Waals surface area contributed by atoms with E-state index in [1.807, 2.05) is 0 Å². The van der Waals surface area contributed by atoms with E-state index in [0.717, 1.165) is 18.8 Å². The van der Waals surface area contributed by atoms with Crippen LogP contribution in [0.5, 0.6) is 0 Å². The third kappa shape index (κ3) is 5.34. The smallest absolute Gasteiger partial charge is 0.238 e. The van der Waals surface area contributed by atoms with E-state index in [4.69, 9.17) is 22.1 Å². The molecule has 0 unspecified atom stereocenters. The predicted molar refractivity (Wildman–Crippen MR) is 84.3 cm³/mol. The van der Waals surface area contributed by atoms with Crippen LogP contribution in [0.1, 0.15) is 0 Å². The quantitative estimate of drug-likeness (QED) is 0.486. The van der Waals surface area contributed by atoms with E-state index < -0.39 is 0 Å². The van der Waals surface area contributed by atoms with Crippen LogP contribution < -0.4 is 11.1 Å². The summed E-state index contributed by atoms with van der Waals surface area (Å²) in [6.45, 7) is 3.32. The van der Waals surface area contributed by atoms with Crippen molar-refractivity contribution in [2.45, 2.75) is 0 Å². The minimum atomic E-state index is -0.0339. The number of nitrogens with zero attached hydrogens (tertiary/aromatic N) is 2. The molecule has 0 aliphatic carbocycles. The molecule has 114 valence electrons. The monoisotopic (exact) mass is 310 g/mol. The fraction of sp³-hybridized carbons (Fsp3) is 0.429. The number of ether oxygens (including phenoxy) is 1. The lowest BCUT2D eigenvalue weighted by atomic mass is 10.3. The number of carbonyl (C=O) groups is 1. The zero-order valence-electron chi connectivity index (χ0n) is 11.7. The van der Waals surface area contributed by atoms with Crippen molar-refractivity contribution in [3.05, 3.63) is 24.3 Å². The largest absolute Gasteiger partial charge is 0.386 e. The Labute approximate surface area is 128 Å². The van der Waals surface area contributed by atoms with Crippen LogP contribution in [0.25, 0.3) is 0 Å². The van der Waals surface area contributed by atoms with E-state index in [1.165, 1.54) is 0 Å². The molecule has 0 saturated carbocycles. The van der Waals surface area contributed by atoms with Crippen molar-refractivity contribution in [1.29, 1.82) is 0 Å². The molecule has 6 nitrogen and oxygen atoms in total. The fourth-order valence-corrected chi connectivity index (χ4v) is 2.04. The third-order valence-corrected chi connectivity index (χ3v) is 3.31. The van der Waals surface area contributed by atoms with Gasteiger partial charge in [0.25, 0.3) is 0 Å². The van der Waals surface area contributed by atoms with Crippen molar-refractivity contribution >= 4 is 34.7 Å². The van der Waals surface area contributed by atoms with Crippen molar-refractivity contribution in [3.63, 3.8) is 0 Å². The second-order valence-corrected chi connectivity index (χ2v) is 4.99. The number of aliphatic imine (C=N–C) groups is 1. The van der Waals surface area contributed by atoms with Crippen molar-refractivity contribution in [1.82, 2.24) is 4.90 Å². The number of nitrogens with one attached hydrogen (secondary N) is 1. The van der Waals surface area contributed by atoms with Crippen molar-refractivity contribution < 1.29 is 9.53 Å². The van der Waals surface area contributed by atoms with Gasteiger partial charge in [0.15, 0.2) is 0 Å². The Balaban J connectivity index is 1.86. The Bertz CT molecular complexity index is 498. The average Bonchev–Trinajstić information content (AvgIpc) is 2.50. The Morgan fingerprint density at radius 1 is 1.33 bits per heavy atom. The highest BCUT2D eigenvalue weighted by molar-refractivity contribution is 6.28. The fourth-order valence-electron chi connectivity index (χ4n) is 1.98. The van der Waals surface area contributed by atoms with Gasteiger partial charge in [-0.05, 0) is 24.3 Å². The van der Waals surface area contributed by atoms with Gasteiger partial charge in [-0.15, -0.1) is 11.6 Å².